The Morgan fingerprint density at radius 1 is 0.714 bits per heavy atom. The first-order valence-electron chi connectivity index (χ1n) is 6.31. The minimum Gasteiger partial charge on any atom is -0.247 e. The average Bonchev–Trinajstić information content (AvgIpc) is 2.57. The molecule has 0 aliphatic heterocycles. The first-order valence-corrected chi connectivity index (χ1v) is 8.47. The van der Waals surface area contributed by atoms with Crippen LogP contribution in [0.25, 0.3) is 0 Å². The van der Waals surface area contributed by atoms with Gasteiger partial charge in [-0.25, -0.2) is 15.8 Å². The smallest absolute Gasteiger partial charge is 0.247 e. The first kappa shape index (κ1) is 16.8. The van der Waals surface area contributed by atoms with E-state index in [1.54, 1.807) is 17.9 Å². The van der Waals surface area contributed by atoms with E-state index in [1.807, 2.05) is 0 Å². The Kier molecular flexibility index (Phi) is 7.02. The topological polar surface area (TPSA) is 71.4 Å². The van der Waals surface area contributed by atoms with E-state index in [1.165, 1.54) is 14.0 Å². The van der Waals surface area contributed by atoms with Crippen molar-refractivity contribution in [2.24, 2.45) is 0 Å². The van der Waals surface area contributed by atoms with Crippen LogP contribution in [-0.2, 0) is 0 Å². The molecule has 0 aliphatic rings. The number of nitrogens with zero attached hydrogens (tertiary/aromatic N) is 3. The second-order valence-corrected chi connectivity index (χ2v) is 7.40. The molecule has 0 aliphatic carbocycles. The molecule has 0 spiro atoms. The van der Waals surface area contributed by atoms with Gasteiger partial charge in [0.1, 0.15) is 0 Å². The molecule has 21 heavy (non-hydrogen) atoms. The number of rotatable bonds is 2. The van der Waals surface area contributed by atoms with Crippen LogP contribution in [0.4, 0.5) is 0 Å². The van der Waals surface area contributed by atoms with Crippen molar-refractivity contribution in [3.8, 4) is 17.9 Å². The molecule has 2 aromatic carbocycles. The molecule has 0 amide bonds. The lowest BCUT2D eigenvalue weighted by atomic mass is 9.31. The van der Waals surface area contributed by atoms with Crippen LogP contribution < -0.4 is 21.2 Å². The molecule has 0 fully saturated rings. The van der Waals surface area contributed by atoms with Crippen molar-refractivity contribution < 1.29 is 21.2 Å². The molecule has 3 nitrogen and oxygen atoms in total. The zero-order valence-electron chi connectivity index (χ0n) is 11.6. The Morgan fingerprint density at radius 2 is 1.05 bits per heavy atom. The highest BCUT2D eigenvalue weighted by molar-refractivity contribution is 6.98. The fourth-order valence-electron chi connectivity index (χ4n) is 1.17. The first-order chi connectivity index (χ1) is 10.1. The summed E-state index contributed by atoms with van der Waals surface area (Å²) >= 11 is 0.0287. The van der Waals surface area contributed by atoms with Crippen molar-refractivity contribution in [2.75, 3.05) is 0 Å². The van der Waals surface area contributed by atoms with Crippen LogP contribution in [0.2, 0.25) is 6.82 Å². The summed E-state index contributed by atoms with van der Waals surface area (Å²) in [4.78, 5) is 0. The third-order valence-electron chi connectivity index (χ3n) is 2.46. The van der Waals surface area contributed by atoms with E-state index in [0.29, 0.717) is 0 Å². The van der Waals surface area contributed by atoms with Crippen LogP contribution in [0, 0.1) is 40.8 Å². The van der Waals surface area contributed by atoms with Gasteiger partial charge in [0, 0.05) is 0 Å². The van der Waals surface area contributed by atoms with E-state index in [-0.39, 0.29) is 21.2 Å². The maximum absolute atomic E-state index is 8.12. The minimum absolute atomic E-state index is 0.0287. The Bertz CT molecular complexity index is 608. The van der Waals surface area contributed by atoms with Crippen LogP contribution in [0.15, 0.2) is 60.7 Å². The fourth-order valence-corrected chi connectivity index (χ4v) is 3.44. The Morgan fingerprint density at radius 3 is 1.29 bits per heavy atom. The minimum atomic E-state index is -2.04. The van der Waals surface area contributed by atoms with Gasteiger partial charge in [-0.1, -0.05) is 36.4 Å². The molecule has 0 atom stereocenters. The van der Waals surface area contributed by atoms with Crippen molar-refractivity contribution in [1.29, 1.82) is 15.8 Å². The zero-order valence-corrected chi connectivity index (χ0v) is 13.7. The predicted octanol–water partition coefficient (Wildman–Crippen LogP) is 0.0683. The maximum Gasteiger partial charge on any atom is 0.357 e. The third kappa shape index (κ3) is 6.12. The number of benzene rings is 2. The van der Waals surface area contributed by atoms with Crippen LogP contribution >= 0.6 is 0 Å². The van der Waals surface area contributed by atoms with Gasteiger partial charge in [0.05, 0.1) is 0 Å². The second kappa shape index (κ2) is 8.79. The molecular formula is C16H13BIN3. The second-order valence-electron chi connectivity index (χ2n) is 4.37. The van der Waals surface area contributed by atoms with Gasteiger partial charge < -0.3 is 0 Å². The monoisotopic (exact) mass is 385 g/mol. The molecule has 102 valence electrons. The van der Waals surface area contributed by atoms with E-state index < -0.39 is 6.15 Å². The van der Waals surface area contributed by atoms with E-state index >= 15 is 0 Å². The normalized spacial score (nSPS) is 9.24. The van der Waals surface area contributed by atoms with Crippen molar-refractivity contribution in [3.63, 3.8) is 0 Å². The molecule has 0 aromatic heterocycles. The van der Waals surface area contributed by atoms with Crippen LogP contribution in [-0.4, -0.2) is 6.15 Å². The van der Waals surface area contributed by atoms with E-state index in [9.17, 15) is 0 Å². The summed E-state index contributed by atoms with van der Waals surface area (Å²) < 4.78 is 2.96. The Balaban J connectivity index is 0.000000240. The van der Waals surface area contributed by atoms with Crippen LogP contribution in [0.1, 0.15) is 0 Å². The number of halogens is 1. The van der Waals surface area contributed by atoms with Gasteiger partial charge in [-0.15, -0.1) is 17.9 Å². The zero-order chi connectivity index (χ0) is 15.6. The summed E-state index contributed by atoms with van der Waals surface area (Å²) in [5.74, 6) is 4.85. The Hall–Kier alpha value is -2.30. The highest BCUT2D eigenvalue weighted by atomic mass is 127. The molecule has 0 saturated carbocycles. The molecule has 5 heteroatoms. The standard InChI is InChI=1S/C12H10I.C4H3BN3/c1-3-7-11(8-4-1)13-12-9-5-2-6-10-12;1-5(2-6,3-7)4-8/h1-10H;1H3/q+1;-1. The maximum atomic E-state index is 8.12. The molecule has 2 aromatic rings. The predicted molar refractivity (Wildman–Crippen MR) is 78.7 cm³/mol. The van der Waals surface area contributed by atoms with Gasteiger partial charge in [0.2, 0.25) is 0 Å². The largest absolute Gasteiger partial charge is 0.357 e. The molecule has 0 saturated heterocycles. The van der Waals surface area contributed by atoms with Gasteiger partial charge in [-0.3, -0.25) is 0 Å². The summed E-state index contributed by atoms with van der Waals surface area (Å²) in [6.45, 7) is 1.33. The summed E-state index contributed by atoms with van der Waals surface area (Å²) in [5, 5.41) is 24.4. The van der Waals surface area contributed by atoms with E-state index in [0.717, 1.165) is 0 Å². The SMILES string of the molecule is C[B-](C#N)(C#N)C#N.c1ccc([I+]c2ccccc2)cc1. The van der Waals surface area contributed by atoms with Crippen LogP contribution in [0.3, 0.4) is 0 Å². The highest BCUT2D eigenvalue weighted by Gasteiger charge is 2.15. The average molecular weight is 385 g/mol. The Labute approximate surface area is 135 Å². The summed E-state index contributed by atoms with van der Waals surface area (Å²) in [7, 11) is 0. The highest BCUT2D eigenvalue weighted by Crippen LogP contribution is 1.93. The number of hydrogen-bond acceptors (Lipinski definition) is 3. The van der Waals surface area contributed by atoms with Gasteiger partial charge in [-0.05, 0) is 24.3 Å². The third-order valence-corrected chi connectivity index (χ3v) is 5.14. The molecule has 0 unspecified atom stereocenters. The van der Waals surface area contributed by atoms with Gasteiger partial charge in [0.15, 0.2) is 7.14 Å². The van der Waals surface area contributed by atoms with Crippen molar-refractivity contribution in [3.05, 3.63) is 67.8 Å². The summed E-state index contributed by atoms with van der Waals surface area (Å²) in [6, 6.07) is 21.4. The fraction of sp³-hybridized carbons (Fsp3) is 0.0625. The number of nitriles is 3. The summed E-state index contributed by atoms with van der Waals surface area (Å²) in [5.41, 5.74) is 0. The van der Waals surface area contributed by atoms with E-state index in [4.69, 9.17) is 15.8 Å². The van der Waals surface area contributed by atoms with Gasteiger partial charge >= 0.3 is 21.2 Å². The molecular weight excluding hydrogens is 372 g/mol. The van der Waals surface area contributed by atoms with Gasteiger partial charge in [-0.2, -0.15) is 6.82 Å². The quantitative estimate of drug-likeness (QED) is 0.543. The van der Waals surface area contributed by atoms with Gasteiger partial charge in [0.25, 0.3) is 6.15 Å². The molecule has 0 heterocycles. The molecule has 0 bridgehead atoms. The lowest BCUT2D eigenvalue weighted by Gasteiger charge is -2.01. The van der Waals surface area contributed by atoms with Crippen molar-refractivity contribution >= 4 is 6.15 Å². The molecule has 2 rings (SSSR count). The van der Waals surface area contributed by atoms with Crippen molar-refractivity contribution in [2.45, 2.75) is 6.82 Å². The summed E-state index contributed by atoms with van der Waals surface area (Å²) in [6.07, 6.45) is -2.04. The van der Waals surface area contributed by atoms with Crippen molar-refractivity contribution in [1.82, 2.24) is 0 Å². The molecule has 0 N–H and O–H groups in total. The van der Waals surface area contributed by atoms with Crippen LogP contribution in [0.5, 0.6) is 0 Å². The van der Waals surface area contributed by atoms with E-state index in [2.05, 4.69) is 60.7 Å². The number of hydrogen-bond donors (Lipinski definition) is 0. The lowest BCUT2D eigenvalue weighted by Crippen LogP contribution is -3.61. The molecule has 0 radical (unpaired) electrons. The lowest BCUT2D eigenvalue weighted by molar-refractivity contribution is -0.597.